The van der Waals surface area contributed by atoms with Crippen molar-refractivity contribution < 1.29 is 4.74 Å². The highest BCUT2D eigenvalue weighted by atomic mass is 127. The summed E-state index contributed by atoms with van der Waals surface area (Å²) in [6.07, 6.45) is 1.26. The average Bonchev–Trinajstić information content (AvgIpc) is 3.01. The van der Waals surface area contributed by atoms with Crippen molar-refractivity contribution in [3.63, 3.8) is 0 Å². The van der Waals surface area contributed by atoms with E-state index in [0.717, 1.165) is 38.1 Å². The Labute approximate surface area is 128 Å². The van der Waals surface area contributed by atoms with E-state index in [2.05, 4.69) is 34.5 Å². The van der Waals surface area contributed by atoms with Gasteiger partial charge in [0.05, 0.1) is 6.61 Å². The van der Waals surface area contributed by atoms with Crippen molar-refractivity contribution in [1.82, 2.24) is 15.5 Å². The monoisotopic (exact) mass is 370 g/mol. The fraction of sp³-hybridized carbons (Fsp3) is 0.917. The number of rotatable bonds is 7. The van der Waals surface area contributed by atoms with Crippen LogP contribution < -0.4 is 10.6 Å². The zero-order valence-corrected chi connectivity index (χ0v) is 14.2. The third kappa shape index (κ3) is 7.38. The lowest BCUT2D eigenvalue weighted by Crippen LogP contribution is -2.42. The summed E-state index contributed by atoms with van der Waals surface area (Å²) < 4.78 is 5.04. The van der Waals surface area contributed by atoms with E-state index in [1.807, 2.05) is 7.05 Å². The third-order valence-corrected chi connectivity index (χ3v) is 3.12. The highest BCUT2D eigenvalue weighted by molar-refractivity contribution is 14.0. The van der Waals surface area contributed by atoms with Crippen LogP contribution in [0, 0.1) is 5.92 Å². The van der Waals surface area contributed by atoms with Crippen LogP contribution in [0.3, 0.4) is 0 Å². The Kier molecular flexibility index (Phi) is 9.76. The molecular formula is C12H27IN4O. The molecule has 5 nitrogen and oxygen atoms in total. The molecule has 0 radical (unpaired) electrons. The lowest BCUT2D eigenvalue weighted by Gasteiger charge is -2.17. The van der Waals surface area contributed by atoms with Gasteiger partial charge in [0.1, 0.15) is 0 Å². The fourth-order valence-corrected chi connectivity index (χ4v) is 1.62. The lowest BCUT2D eigenvalue weighted by molar-refractivity contribution is 0.162. The van der Waals surface area contributed by atoms with Crippen molar-refractivity contribution in [2.24, 2.45) is 10.9 Å². The number of likely N-dealkylation sites (N-methyl/N-ethyl adjacent to an activating group) is 1. The summed E-state index contributed by atoms with van der Waals surface area (Å²) in [5.41, 5.74) is 0. The highest BCUT2D eigenvalue weighted by Crippen LogP contribution is 2.28. The first-order valence-corrected chi connectivity index (χ1v) is 6.32. The number of ether oxygens (including phenoxy) is 1. The number of guanidine groups is 1. The number of aliphatic imine (C=N–C) groups is 1. The van der Waals surface area contributed by atoms with Gasteiger partial charge in [0.2, 0.25) is 0 Å². The van der Waals surface area contributed by atoms with E-state index in [4.69, 9.17) is 4.74 Å². The maximum atomic E-state index is 5.04. The van der Waals surface area contributed by atoms with Crippen molar-refractivity contribution >= 4 is 29.9 Å². The molecule has 0 aromatic rings. The molecule has 18 heavy (non-hydrogen) atoms. The van der Waals surface area contributed by atoms with E-state index in [0.29, 0.717) is 6.04 Å². The minimum Gasteiger partial charge on any atom is -0.383 e. The first-order valence-electron chi connectivity index (χ1n) is 6.32. The van der Waals surface area contributed by atoms with Crippen LogP contribution in [-0.4, -0.2) is 64.3 Å². The summed E-state index contributed by atoms with van der Waals surface area (Å²) in [4.78, 5) is 6.45. The smallest absolute Gasteiger partial charge is 0.191 e. The summed E-state index contributed by atoms with van der Waals surface area (Å²) >= 11 is 0. The molecule has 0 aliphatic heterocycles. The van der Waals surface area contributed by atoms with Gasteiger partial charge in [-0.15, -0.1) is 24.0 Å². The largest absolute Gasteiger partial charge is 0.383 e. The summed E-state index contributed by atoms with van der Waals surface area (Å²) in [5, 5.41) is 6.73. The van der Waals surface area contributed by atoms with Crippen LogP contribution in [0.15, 0.2) is 4.99 Å². The number of nitrogens with one attached hydrogen (secondary N) is 2. The topological polar surface area (TPSA) is 48.9 Å². The number of nitrogens with zero attached hydrogens (tertiary/aromatic N) is 2. The van der Waals surface area contributed by atoms with Gasteiger partial charge >= 0.3 is 0 Å². The van der Waals surface area contributed by atoms with E-state index < -0.39 is 0 Å². The first kappa shape index (κ1) is 17.9. The summed E-state index contributed by atoms with van der Waals surface area (Å²) in [7, 11) is 5.64. The number of methoxy groups -OCH3 is 1. The Morgan fingerprint density at radius 2 is 2.11 bits per heavy atom. The predicted octanol–water partition coefficient (Wildman–Crippen LogP) is 0.756. The third-order valence-electron chi connectivity index (χ3n) is 3.12. The van der Waals surface area contributed by atoms with Gasteiger partial charge in [-0.3, -0.25) is 4.99 Å². The lowest BCUT2D eigenvalue weighted by atomic mass is 10.5. The summed E-state index contributed by atoms with van der Waals surface area (Å²) in [5.74, 6) is 1.71. The molecule has 108 valence electrons. The van der Waals surface area contributed by atoms with Gasteiger partial charge in [0.15, 0.2) is 5.96 Å². The van der Waals surface area contributed by atoms with Gasteiger partial charge < -0.3 is 20.3 Å². The maximum Gasteiger partial charge on any atom is 0.191 e. The zero-order chi connectivity index (χ0) is 12.7. The van der Waals surface area contributed by atoms with Gasteiger partial charge in [0, 0.05) is 39.8 Å². The molecule has 2 atom stereocenters. The molecule has 0 saturated heterocycles. The standard InChI is InChI=1S/C12H26N4O.HI/c1-10-9-11(10)15-12(13-2)14-5-6-16(3)7-8-17-4;/h10-11H,5-9H2,1-4H3,(H2,13,14,15);1H. The normalized spacial score (nSPS) is 22.6. The van der Waals surface area contributed by atoms with Crippen LogP contribution >= 0.6 is 24.0 Å². The number of hydrogen-bond acceptors (Lipinski definition) is 3. The molecule has 1 rings (SSSR count). The Balaban J connectivity index is 0.00000289. The Morgan fingerprint density at radius 3 is 2.61 bits per heavy atom. The first-order chi connectivity index (χ1) is 8.17. The highest BCUT2D eigenvalue weighted by Gasteiger charge is 2.33. The second-order valence-corrected chi connectivity index (χ2v) is 4.76. The van der Waals surface area contributed by atoms with Gasteiger partial charge in [0.25, 0.3) is 0 Å². The van der Waals surface area contributed by atoms with Crippen molar-refractivity contribution in [2.75, 3.05) is 47.4 Å². The van der Waals surface area contributed by atoms with Gasteiger partial charge in [-0.1, -0.05) is 6.92 Å². The number of halogens is 1. The van der Waals surface area contributed by atoms with Crippen molar-refractivity contribution in [3.8, 4) is 0 Å². The molecule has 1 saturated carbocycles. The molecule has 0 aromatic carbocycles. The molecular weight excluding hydrogens is 343 g/mol. The minimum atomic E-state index is 0. The van der Waals surface area contributed by atoms with Gasteiger partial charge in [-0.05, 0) is 19.4 Å². The SMILES string of the molecule is CN=C(NCCN(C)CCOC)NC1CC1C.I. The van der Waals surface area contributed by atoms with Crippen LogP contribution in [0.4, 0.5) is 0 Å². The van der Waals surface area contributed by atoms with E-state index in [-0.39, 0.29) is 24.0 Å². The van der Waals surface area contributed by atoms with Gasteiger partial charge in [-0.25, -0.2) is 0 Å². The van der Waals surface area contributed by atoms with E-state index >= 15 is 0 Å². The Bertz CT molecular complexity index is 250. The predicted molar refractivity (Wildman–Crippen MR) is 86.9 cm³/mol. The van der Waals surface area contributed by atoms with Crippen LogP contribution in [0.2, 0.25) is 0 Å². The second kappa shape index (κ2) is 9.80. The van der Waals surface area contributed by atoms with E-state index in [1.54, 1.807) is 7.11 Å². The molecule has 6 heteroatoms. The summed E-state index contributed by atoms with van der Waals surface area (Å²) in [6.45, 7) is 5.89. The maximum absolute atomic E-state index is 5.04. The molecule has 1 fully saturated rings. The average molecular weight is 370 g/mol. The molecule has 1 aliphatic rings. The van der Waals surface area contributed by atoms with Crippen LogP contribution in [-0.2, 0) is 4.74 Å². The van der Waals surface area contributed by atoms with Crippen LogP contribution in [0.1, 0.15) is 13.3 Å². The molecule has 0 amide bonds. The van der Waals surface area contributed by atoms with Crippen molar-refractivity contribution in [1.29, 1.82) is 0 Å². The van der Waals surface area contributed by atoms with Crippen LogP contribution in [0.5, 0.6) is 0 Å². The molecule has 1 aliphatic carbocycles. The Hall–Kier alpha value is -0.0800. The quantitative estimate of drug-likeness (QED) is 0.395. The fourth-order valence-electron chi connectivity index (χ4n) is 1.62. The zero-order valence-electron chi connectivity index (χ0n) is 11.9. The summed E-state index contributed by atoms with van der Waals surface area (Å²) in [6, 6.07) is 0.618. The van der Waals surface area contributed by atoms with Crippen LogP contribution in [0.25, 0.3) is 0 Å². The van der Waals surface area contributed by atoms with Crippen molar-refractivity contribution in [2.45, 2.75) is 19.4 Å². The van der Waals surface area contributed by atoms with E-state index in [9.17, 15) is 0 Å². The minimum absolute atomic E-state index is 0. The molecule has 2 unspecified atom stereocenters. The van der Waals surface area contributed by atoms with E-state index in [1.165, 1.54) is 6.42 Å². The molecule has 0 aromatic heterocycles. The molecule has 2 N–H and O–H groups in total. The van der Waals surface area contributed by atoms with Gasteiger partial charge in [-0.2, -0.15) is 0 Å². The Morgan fingerprint density at radius 1 is 1.44 bits per heavy atom. The second-order valence-electron chi connectivity index (χ2n) is 4.76. The molecule has 0 spiro atoms. The molecule has 0 bridgehead atoms. The molecule has 0 heterocycles. The number of hydrogen-bond donors (Lipinski definition) is 2. The van der Waals surface area contributed by atoms with Crippen molar-refractivity contribution in [3.05, 3.63) is 0 Å².